The van der Waals surface area contributed by atoms with Gasteiger partial charge in [0.1, 0.15) is 17.7 Å². The Kier molecular flexibility index (Phi) is 7.93. The predicted octanol–water partition coefficient (Wildman–Crippen LogP) is -1.29. The Labute approximate surface area is 159 Å². The molecular weight excluding hydrogens is 319 g/mol. The average molecular weight is 324 g/mol. The maximum atomic E-state index is 13.6. The van der Waals surface area contributed by atoms with Gasteiger partial charge in [-0.25, -0.2) is 17.6 Å². The number of benzene rings is 1. The summed E-state index contributed by atoms with van der Waals surface area (Å²) in [5, 5.41) is 28.4. The van der Waals surface area contributed by atoms with Crippen LogP contribution in [0.1, 0.15) is 18.1 Å². The first-order chi connectivity index (χ1) is 9.40. The maximum Gasteiger partial charge on any atom is 1.00 e. The first-order valence-electron chi connectivity index (χ1n) is 5.11. The van der Waals surface area contributed by atoms with Gasteiger partial charge in [-0.1, -0.05) is 6.92 Å². The first kappa shape index (κ1) is 19.9. The fraction of sp³-hybridized carbons (Fsp3) is 0.167. The van der Waals surface area contributed by atoms with E-state index in [1.807, 2.05) is 0 Å². The summed E-state index contributed by atoms with van der Waals surface area (Å²) in [5.74, 6) is -9.43. The number of ether oxygens (including phenoxy) is 1. The van der Waals surface area contributed by atoms with Crippen molar-refractivity contribution >= 4 is 5.57 Å². The third-order valence-electron chi connectivity index (χ3n) is 2.22. The largest absolute Gasteiger partial charge is 1.00 e. The van der Waals surface area contributed by atoms with Crippen LogP contribution in [0.5, 0.6) is 0 Å². The second-order valence-electron chi connectivity index (χ2n) is 3.33. The second kappa shape index (κ2) is 8.37. The zero-order valence-corrected chi connectivity index (χ0v) is 14.1. The molecule has 1 aromatic carbocycles. The maximum absolute atomic E-state index is 13.6. The number of nitrogens with zero attached hydrogens (tertiary/aromatic N) is 2. The van der Waals surface area contributed by atoms with Crippen LogP contribution in [-0.2, 0) is 4.74 Å². The van der Waals surface area contributed by atoms with Gasteiger partial charge in [-0.3, -0.25) is 0 Å². The molecule has 0 amide bonds. The van der Waals surface area contributed by atoms with E-state index in [1.54, 1.807) is 0 Å². The quantitative estimate of drug-likeness (QED) is 0.228. The molecule has 1 aromatic rings. The summed E-state index contributed by atoms with van der Waals surface area (Å²) in [7, 11) is 0. The summed E-state index contributed by atoms with van der Waals surface area (Å²) in [6.45, 7) is 1.15. The summed E-state index contributed by atoms with van der Waals surface area (Å²) < 4.78 is 58.3. The second-order valence-corrected chi connectivity index (χ2v) is 3.33. The number of halogens is 4. The van der Waals surface area contributed by atoms with Crippen molar-refractivity contribution in [2.75, 3.05) is 6.61 Å². The molecule has 21 heavy (non-hydrogen) atoms. The Hall–Kier alpha value is -1.10. The summed E-state index contributed by atoms with van der Waals surface area (Å²) >= 11 is 0. The van der Waals surface area contributed by atoms with E-state index in [0.717, 1.165) is 12.1 Å². The molecule has 0 aliphatic heterocycles. The van der Waals surface area contributed by atoms with Crippen LogP contribution < -0.4 is 56.5 Å². The first-order valence-corrected chi connectivity index (χ1v) is 5.11. The third-order valence-corrected chi connectivity index (χ3v) is 2.22. The number of rotatable bonds is 3. The van der Waals surface area contributed by atoms with Crippen LogP contribution in [0, 0.1) is 45.9 Å². The van der Waals surface area contributed by atoms with Crippen molar-refractivity contribution in [3.05, 3.63) is 40.3 Å². The number of allylic oxidation sites excluding steroid dienone is 1. The third kappa shape index (κ3) is 3.76. The van der Waals surface area contributed by atoms with Crippen molar-refractivity contribution in [2.24, 2.45) is 0 Å². The van der Waals surface area contributed by atoms with E-state index in [9.17, 15) is 22.7 Å². The van der Waals surface area contributed by atoms with Gasteiger partial charge in [0, 0.05) is 0 Å². The van der Waals surface area contributed by atoms with Gasteiger partial charge in [0.05, 0.1) is 17.1 Å². The SMILES string of the molecule is CCOC([O-])=C(C#N)c1c(F)c(F)c(C#N)c(F)c1F.[K+]. The fourth-order valence-electron chi connectivity index (χ4n) is 1.36. The smallest absolute Gasteiger partial charge is 0.613 e. The van der Waals surface area contributed by atoms with Crippen LogP contribution >= 0.6 is 0 Å². The number of hydrogen-bond acceptors (Lipinski definition) is 4. The van der Waals surface area contributed by atoms with Crippen LogP contribution in [0.4, 0.5) is 17.6 Å². The van der Waals surface area contributed by atoms with Gasteiger partial charge >= 0.3 is 51.4 Å². The van der Waals surface area contributed by atoms with Crippen LogP contribution in [0.15, 0.2) is 5.95 Å². The number of nitriles is 2. The minimum absolute atomic E-state index is 0. The minimum Gasteiger partial charge on any atom is -0.613 e. The molecule has 0 aromatic heterocycles. The van der Waals surface area contributed by atoms with Gasteiger partial charge < -0.3 is 9.84 Å². The Morgan fingerprint density at radius 2 is 1.57 bits per heavy atom. The molecule has 0 fully saturated rings. The van der Waals surface area contributed by atoms with E-state index in [-0.39, 0.29) is 58.0 Å². The van der Waals surface area contributed by atoms with E-state index in [1.165, 1.54) is 6.92 Å². The van der Waals surface area contributed by atoms with E-state index in [4.69, 9.17) is 10.5 Å². The molecule has 0 saturated carbocycles. The Morgan fingerprint density at radius 1 is 1.10 bits per heavy atom. The molecular formula is C12H5F4KN2O2. The van der Waals surface area contributed by atoms with Crippen molar-refractivity contribution in [1.29, 1.82) is 10.5 Å². The predicted molar refractivity (Wildman–Crippen MR) is 55.1 cm³/mol. The molecule has 1 rings (SSSR count). The van der Waals surface area contributed by atoms with Gasteiger partial charge in [-0.05, 0) is 6.61 Å². The molecule has 4 nitrogen and oxygen atoms in total. The molecule has 0 aliphatic rings. The Bertz CT molecular complexity index is 648. The van der Waals surface area contributed by atoms with Gasteiger partial charge in [0.15, 0.2) is 23.3 Å². The molecule has 0 saturated heterocycles. The molecule has 0 heterocycles. The summed E-state index contributed by atoms with van der Waals surface area (Å²) in [6, 6.07) is 2.07. The molecule has 0 unspecified atom stereocenters. The van der Waals surface area contributed by atoms with E-state index in [2.05, 4.69) is 4.74 Å². The van der Waals surface area contributed by atoms with Crippen molar-refractivity contribution in [3.63, 3.8) is 0 Å². The van der Waals surface area contributed by atoms with Crippen molar-refractivity contribution in [2.45, 2.75) is 6.92 Å². The fourth-order valence-corrected chi connectivity index (χ4v) is 1.36. The van der Waals surface area contributed by atoms with Crippen molar-refractivity contribution in [3.8, 4) is 12.1 Å². The van der Waals surface area contributed by atoms with Crippen LogP contribution in [0.3, 0.4) is 0 Å². The van der Waals surface area contributed by atoms with Crippen molar-refractivity contribution in [1.82, 2.24) is 0 Å². The normalized spacial score (nSPS) is 10.8. The molecule has 0 radical (unpaired) electrons. The zero-order valence-electron chi connectivity index (χ0n) is 10.9. The monoisotopic (exact) mass is 324 g/mol. The van der Waals surface area contributed by atoms with Gasteiger partial charge in [0.2, 0.25) is 0 Å². The molecule has 0 N–H and O–H groups in total. The molecule has 104 valence electrons. The minimum atomic E-state index is -2.01. The summed E-state index contributed by atoms with van der Waals surface area (Å²) in [4.78, 5) is 0. The van der Waals surface area contributed by atoms with Gasteiger partial charge in [0.25, 0.3) is 0 Å². The molecule has 0 bridgehead atoms. The number of hydrogen-bond donors (Lipinski definition) is 0. The topological polar surface area (TPSA) is 79.9 Å². The van der Waals surface area contributed by atoms with Crippen LogP contribution in [-0.4, -0.2) is 6.61 Å². The van der Waals surface area contributed by atoms with E-state index in [0.29, 0.717) is 0 Å². The van der Waals surface area contributed by atoms with Crippen LogP contribution in [0.2, 0.25) is 0 Å². The Balaban J connectivity index is 0.00000400. The van der Waals surface area contributed by atoms with E-state index >= 15 is 0 Å². The summed E-state index contributed by atoms with van der Waals surface area (Å²) in [5.41, 5.74) is -4.21. The molecule has 9 heteroatoms. The Morgan fingerprint density at radius 3 is 1.90 bits per heavy atom. The molecule has 0 aliphatic carbocycles. The van der Waals surface area contributed by atoms with Gasteiger partial charge in [-0.2, -0.15) is 10.5 Å². The van der Waals surface area contributed by atoms with Crippen LogP contribution in [0.25, 0.3) is 5.57 Å². The standard InChI is InChI=1S/C12H6F4N2O2.K/c1-2-20-12(19)5(3-17)7-10(15)8(13)6(4-18)9(14)11(7)16;/h19H,2H2,1H3;/q;+1/p-1. The zero-order chi connectivity index (χ0) is 15.4. The molecule has 0 spiro atoms. The summed E-state index contributed by atoms with van der Waals surface area (Å²) in [6.07, 6.45) is 0. The van der Waals surface area contributed by atoms with Gasteiger partial charge in [-0.15, -0.1) is 0 Å². The van der Waals surface area contributed by atoms with E-state index < -0.39 is 45.9 Å². The average Bonchev–Trinajstić information content (AvgIpc) is 2.42. The molecule has 0 atom stereocenters. The van der Waals surface area contributed by atoms with Crippen molar-refractivity contribution < 1.29 is 78.8 Å².